The number of carboxylic acid groups (broad SMARTS) is 1. The summed E-state index contributed by atoms with van der Waals surface area (Å²) in [7, 11) is 0. The number of aryl methyl sites for hydroxylation is 2. The Labute approximate surface area is 132 Å². The van der Waals surface area contributed by atoms with Gasteiger partial charge in [-0.2, -0.15) is 0 Å². The lowest BCUT2D eigenvalue weighted by Gasteiger charge is -2.03. The van der Waals surface area contributed by atoms with E-state index in [4.69, 9.17) is 4.52 Å². The SMILES string of the molecule is O=C(O)c1cc(C2CC2)nc2onc(CCc3ccccc3)c12. The first-order valence-corrected chi connectivity index (χ1v) is 7.79. The Kier molecular flexibility index (Phi) is 3.33. The van der Waals surface area contributed by atoms with Crippen molar-refractivity contribution in [2.45, 2.75) is 31.6 Å². The molecule has 5 nitrogen and oxygen atoms in total. The third kappa shape index (κ3) is 2.70. The highest BCUT2D eigenvalue weighted by atomic mass is 16.5. The smallest absolute Gasteiger partial charge is 0.336 e. The molecule has 0 bridgehead atoms. The molecule has 1 aliphatic rings. The molecule has 0 aliphatic heterocycles. The van der Waals surface area contributed by atoms with Crippen molar-refractivity contribution in [1.29, 1.82) is 0 Å². The Morgan fingerprint density at radius 3 is 2.70 bits per heavy atom. The number of rotatable bonds is 5. The standard InChI is InChI=1S/C18H16N2O3/c21-18(22)13-10-15(12-7-8-12)19-17-16(13)14(20-23-17)9-6-11-4-2-1-3-5-11/h1-5,10,12H,6-9H2,(H,21,22). The zero-order chi connectivity index (χ0) is 15.8. The van der Waals surface area contributed by atoms with Crippen LogP contribution in [0.4, 0.5) is 0 Å². The summed E-state index contributed by atoms with van der Waals surface area (Å²) in [6.07, 6.45) is 3.53. The van der Waals surface area contributed by atoms with Crippen LogP contribution in [0.3, 0.4) is 0 Å². The number of hydrogen-bond donors (Lipinski definition) is 1. The van der Waals surface area contributed by atoms with Gasteiger partial charge in [-0.1, -0.05) is 35.5 Å². The highest BCUT2D eigenvalue weighted by Gasteiger charge is 2.28. The van der Waals surface area contributed by atoms with Gasteiger partial charge in [-0.05, 0) is 37.3 Å². The molecular formula is C18H16N2O3. The van der Waals surface area contributed by atoms with Gasteiger partial charge in [0.25, 0.3) is 5.71 Å². The lowest BCUT2D eigenvalue weighted by Crippen LogP contribution is -2.02. The quantitative estimate of drug-likeness (QED) is 0.779. The van der Waals surface area contributed by atoms with Crippen LogP contribution in [0.1, 0.15) is 46.1 Å². The maximum atomic E-state index is 11.6. The summed E-state index contributed by atoms with van der Waals surface area (Å²) in [4.78, 5) is 16.1. The van der Waals surface area contributed by atoms with Crippen LogP contribution in [-0.2, 0) is 12.8 Å². The number of aromatic carboxylic acids is 1. The van der Waals surface area contributed by atoms with E-state index in [0.717, 1.165) is 25.0 Å². The summed E-state index contributed by atoms with van der Waals surface area (Å²) in [6.45, 7) is 0. The maximum absolute atomic E-state index is 11.6. The molecule has 0 radical (unpaired) electrons. The van der Waals surface area contributed by atoms with Gasteiger partial charge in [0.2, 0.25) is 0 Å². The molecule has 0 spiro atoms. The summed E-state index contributed by atoms with van der Waals surface area (Å²) in [5.41, 5.74) is 3.25. The third-order valence-electron chi connectivity index (χ3n) is 4.26. The summed E-state index contributed by atoms with van der Waals surface area (Å²) in [5, 5.41) is 14.2. The number of nitrogens with zero attached hydrogens (tertiary/aromatic N) is 2. The van der Waals surface area contributed by atoms with Crippen LogP contribution in [0, 0.1) is 0 Å². The summed E-state index contributed by atoms with van der Waals surface area (Å²) >= 11 is 0. The van der Waals surface area contributed by atoms with Gasteiger partial charge in [0.1, 0.15) is 0 Å². The fourth-order valence-electron chi connectivity index (χ4n) is 2.86. The van der Waals surface area contributed by atoms with Crippen LogP contribution in [0.5, 0.6) is 0 Å². The Bertz CT molecular complexity index is 867. The molecule has 0 amide bonds. The average molecular weight is 308 g/mol. The number of hydrogen-bond acceptors (Lipinski definition) is 4. The van der Waals surface area contributed by atoms with Crippen LogP contribution in [-0.4, -0.2) is 21.2 Å². The molecule has 1 aromatic carbocycles. The van der Waals surface area contributed by atoms with E-state index in [1.165, 1.54) is 5.56 Å². The predicted molar refractivity (Wildman–Crippen MR) is 84.6 cm³/mol. The van der Waals surface area contributed by atoms with E-state index < -0.39 is 5.97 Å². The number of pyridine rings is 1. The van der Waals surface area contributed by atoms with Crippen molar-refractivity contribution in [1.82, 2.24) is 10.1 Å². The molecule has 23 heavy (non-hydrogen) atoms. The van der Waals surface area contributed by atoms with Crippen LogP contribution in [0.25, 0.3) is 11.1 Å². The lowest BCUT2D eigenvalue weighted by molar-refractivity contribution is 0.0698. The van der Waals surface area contributed by atoms with E-state index in [2.05, 4.69) is 10.1 Å². The van der Waals surface area contributed by atoms with E-state index in [1.54, 1.807) is 6.07 Å². The van der Waals surface area contributed by atoms with Gasteiger partial charge >= 0.3 is 5.97 Å². The fraction of sp³-hybridized carbons (Fsp3) is 0.278. The molecule has 2 aromatic heterocycles. The molecule has 1 saturated carbocycles. The van der Waals surface area contributed by atoms with Crippen molar-refractivity contribution in [3.8, 4) is 0 Å². The summed E-state index contributed by atoms with van der Waals surface area (Å²) in [6, 6.07) is 11.7. The molecule has 1 fully saturated rings. The van der Waals surface area contributed by atoms with Crippen LogP contribution in [0.2, 0.25) is 0 Å². The number of benzene rings is 1. The zero-order valence-corrected chi connectivity index (χ0v) is 12.5. The predicted octanol–water partition coefficient (Wildman–Crippen LogP) is 3.58. The molecule has 0 unspecified atom stereocenters. The second-order valence-electron chi connectivity index (χ2n) is 5.97. The molecule has 2 heterocycles. The van der Waals surface area contributed by atoms with E-state index in [0.29, 0.717) is 29.1 Å². The topological polar surface area (TPSA) is 76.2 Å². The minimum atomic E-state index is -0.955. The second kappa shape index (κ2) is 5.50. The van der Waals surface area contributed by atoms with Crippen LogP contribution in [0.15, 0.2) is 40.9 Å². The molecule has 3 aromatic rings. The highest BCUT2D eigenvalue weighted by Crippen LogP contribution is 2.40. The Morgan fingerprint density at radius 2 is 2.00 bits per heavy atom. The van der Waals surface area contributed by atoms with Crippen LogP contribution < -0.4 is 0 Å². The molecule has 1 N–H and O–H groups in total. The molecule has 0 saturated heterocycles. The van der Waals surface area contributed by atoms with Gasteiger partial charge < -0.3 is 9.63 Å². The van der Waals surface area contributed by atoms with Gasteiger partial charge in [0.15, 0.2) is 0 Å². The highest BCUT2D eigenvalue weighted by molar-refractivity contribution is 6.02. The van der Waals surface area contributed by atoms with Crippen molar-refractivity contribution < 1.29 is 14.4 Å². The van der Waals surface area contributed by atoms with Crippen molar-refractivity contribution in [2.75, 3.05) is 0 Å². The fourth-order valence-corrected chi connectivity index (χ4v) is 2.86. The van der Waals surface area contributed by atoms with Crippen molar-refractivity contribution >= 4 is 17.1 Å². The minimum absolute atomic E-state index is 0.251. The van der Waals surface area contributed by atoms with E-state index >= 15 is 0 Å². The molecular weight excluding hydrogens is 292 g/mol. The first-order valence-electron chi connectivity index (χ1n) is 7.79. The van der Waals surface area contributed by atoms with Crippen molar-refractivity contribution in [2.24, 2.45) is 0 Å². The van der Waals surface area contributed by atoms with E-state index in [-0.39, 0.29) is 5.56 Å². The summed E-state index contributed by atoms with van der Waals surface area (Å²) in [5.74, 6) is -0.584. The average Bonchev–Trinajstić information content (AvgIpc) is 3.34. The van der Waals surface area contributed by atoms with Crippen LogP contribution >= 0.6 is 0 Å². The molecule has 0 atom stereocenters. The Morgan fingerprint density at radius 1 is 1.22 bits per heavy atom. The monoisotopic (exact) mass is 308 g/mol. The second-order valence-corrected chi connectivity index (χ2v) is 5.97. The number of carboxylic acids is 1. The first-order chi connectivity index (χ1) is 11.2. The summed E-state index contributed by atoms with van der Waals surface area (Å²) < 4.78 is 5.32. The number of carbonyl (C=O) groups is 1. The first kappa shape index (κ1) is 13.9. The number of aromatic nitrogens is 2. The van der Waals surface area contributed by atoms with E-state index in [9.17, 15) is 9.90 Å². The van der Waals surface area contributed by atoms with Gasteiger partial charge in [0, 0.05) is 11.6 Å². The molecule has 1 aliphatic carbocycles. The molecule has 5 heteroatoms. The van der Waals surface area contributed by atoms with Gasteiger partial charge in [-0.25, -0.2) is 9.78 Å². The van der Waals surface area contributed by atoms with Crippen molar-refractivity contribution in [3.63, 3.8) is 0 Å². The Balaban J connectivity index is 1.71. The molecule has 4 rings (SSSR count). The van der Waals surface area contributed by atoms with Crippen molar-refractivity contribution in [3.05, 3.63) is 58.9 Å². The maximum Gasteiger partial charge on any atom is 0.336 e. The normalized spacial score (nSPS) is 14.3. The number of fused-ring (bicyclic) bond motifs is 1. The van der Waals surface area contributed by atoms with Gasteiger partial charge in [0.05, 0.1) is 16.6 Å². The minimum Gasteiger partial charge on any atom is -0.478 e. The van der Waals surface area contributed by atoms with E-state index in [1.807, 2.05) is 30.3 Å². The largest absolute Gasteiger partial charge is 0.478 e. The zero-order valence-electron chi connectivity index (χ0n) is 12.5. The van der Waals surface area contributed by atoms with Gasteiger partial charge in [-0.15, -0.1) is 0 Å². The molecule has 116 valence electrons. The third-order valence-corrected chi connectivity index (χ3v) is 4.26. The van der Waals surface area contributed by atoms with Gasteiger partial charge in [-0.3, -0.25) is 0 Å². The Hall–Kier alpha value is -2.69. The lowest BCUT2D eigenvalue weighted by atomic mass is 10.0.